The standard InChI is InChI=1S/C25H33BrN2O3/c1-17(2)15-27-25(30)20(5)28(12-11-21-9-7-6-8-10-21)23(29)16-31-22-13-18(3)24(26)19(4)14-22/h6-10,13-14,17,20H,11-12,15-16H2,1-5H3,(H,27,30). The van der Waals surface area contributed by atoms with Crippen molar-refractivity contribution in [1.82, 2.24) is 10.2 Å². The van der Waals surface area contributed by atoms with Gasteiger partial charge in [0, 0.05) is 17.6 Å². The Morgan fingerprint density at radius 1 is 1.06 bits per heavy atom. The van der Waals surface area contributed by atoms with Gasteiger partial charge in [-0.3, -0.25) is 9.59 Å². The molecule has 2 aromatic carbocycles. The summed E-state index contributed by atoms with van der Waals surface area (Å²) in [6, 6.07) is 13.2. The maximum absolute atomic E-state index is 13.1. The number of hydrogen-bond donors (Lipinski definition) is 1. The number of carbonyl (C=O) groups excluding carboxylic acids is 2. The normalized spacial score (nSPS) is 11.8. The number of carbonyl (C=O) groups is 2. The summed E-state index contributed by atoms with van der Waals surface area (Å²) in [5.41, 5.74) is 3.21. The molecule has 0 aromatic heterocycles. The first kappa shape index (κ1) is 24.9. The molecule has 0 saturated carbocycles. The van der Waals surface area contributed by atoms with Crippen LogP contribution < -0.4 is 10.1 Å². The van der Waals surface area contributed by atoms with Gasteiger partial charge in [-0.25, -0.2) is 0 Å². The van der Waals surface area contributed by atoms with Gasteiger partial charge >= 0.3 is 0 Å². The number of nitrogens with one attached hydrogen (secondary N) is 1. The van der Waals surface area contributed by atoms with Crippen molar-refractivity contribution in [2.24, 2.45) is 5.92 Å². The minimum atomic E-state index is -0.577. The van der Waals surface area contributed by atoms with Crippen LogP contribution in [-0.4, -0.2) is 42.5 Å². The molecule has 0 bridgehead atoms. The zero-order chi connectivity index (χ0) is 23.0. The van der Waals surface area contributed by atoms with Crippen molar-refractivity contribution >= 4 is 27.7 Å². The van der Waals surface area contributed by atoms with Gasteiger partial charge in [0.05, 0.1) is 0 Å². The number of amides is 2. The van der Waals surface area contributed by atoms with Crippen LogP contribution in [-0.2, 0) is 16.0 Å². The molecule has 0 aliphatic heterocycles. The lowest BCUT2D eigenvalue weighted by Gasteiger charge is -2.29. The Balaban J connectivity index is 2.09. The van der Waals surface area contributed by atoms with Gasteiger partial charge in [0.2, 0.25) is 5.91 Å². The Hall–Kier alpha value is -2.34. The molecule has 31 heavy (non-hydrogen) atoms. The molecule has 0 radical (unpaired) electrons. The summed E-state index contributed by atoms with van der Waals surface area (Å²) < 4.78 is 6.84. The van der Waals surface area contributed by atoms with E-state index < -0.39 is 6.04 Å². The van der Waals surface area contributed by atoms with Crippen LogP contribution in [0.15, 0.2) is 46.9 Å². The molecule has 2 rings (SSSR count). The topological polar surface area (TPSA) is 58.6 Å². The van der Waals surface area contributed by atoms with Crippen molar-refractivity contribution in [1.29, 1.82) is 0 Å². The van der Waals surface area contributed by atoms with Crippen LogP contribution in [0.5, 0.6) is 5.75 Å². The van der Waals surface area contributed by atoms with Crippen molar-refractivity contribution < 1.29 is 14.3 Å². The molecule has 1 atom stereocenters. The second-order valence-electron chi connectivity index (χ2n) is 8.30. The van der Waals surface area contributed by atoms with E-state index >= 15 is 0 Å². The van der Waals surface area contributed by atoms with Gasteiger partial charge in [-0.15, -0.1) is 0 Å². The highest BCUT2D eigenvalue weighted by Crippen LogP contribution is 2.26. The fourth-order valence-electron chi connectivity index (χ4n) is 3.24. The van der Waals surface area contributed by atoms with E-state index in [2.05, 4.69) is 21.2 Å². The van der Waals surface area contributed by atoms with Crippen molar-refractivity contribution in [3.63, 3.8) is 0 Å². The quantitative estimate of drug-likeness (QED) is 0.528. The van der Waals surface area contributed by atoms with E-state index in [4.69, 9.17) is 4.74 Å². The first-order valence-electron chi connectivity index (χ1n) is 10.7. The van der Waals surface area contributed by atoms with E-state index in [9.17, 15) is 9.59 Å². The molecule has 0 heterocycles. The van der Waals surface area contributed by atoms with Gasteiger partial charge in [0.15, 0.2) is 6.61 Å². The molecule has 5 nitrogen and oxygen atoms in total. The SMILES string of the molecule is Cc1cc(OCC(=O)N(CCc2ccccc2)C(C)C(=O)NCC(C)C)cc(C)c1Br. The van der Waals surface area contributed by atoms with E-state index in [1.165, 1.54) is 0 Å². The summed E-state index contributed by atoms with van der Waals surface area (Å²) in [5.74, 6) is 0.634. The fourth-order valence-corrected chi connectivity index (χ4v) is 3.47. The summed E-state index contributed by atoms with van der Waals surface area (Å²) in [4.78, 5) is 27.3. The van der Waals surface area contributed by atoms with Crippen molar-refractivity contribution in [3.05, 3.63) is 63.6 Å². The predicted molar refractivity (Wildman–Crippen MR) is 128 cm³/mol. The van der Waals surface area contributed by atoms with E-state index in [-0.39, 0.29) is 18.4 Å². The number of rotatable bonds is 10. The molecule has 2 amide bonds. The molecule has 0 fully saturated rings. The average Bonchev–Trinajstić information content (AvgIpc) is 2.74. The molecular weight excluding hydrogens is 456 g/mol. The maximum atomic E-state index is 13.1. The third kappa shape index (κ3) is 7.69. The molecule has 1 N–H and O–H groups in total. The number of aryl methyl sites for hydroxylation is 2. The highest BCUT2D eigenvalue weighted by Gasteiger charge is 2.26. The van der Waals surface area contributed by atoms with Crippen LogP contribution in [0.1, 0.15) is 37.5 Å². The van der Waals surface area contributed by atoms with Gasteiger partial charge < -0.3 is 15.0 Å². The van der Waals surface area contributed by atoms with Gasteiger partial charge in [-0.2, -0.15) is 0 Å². The van der Waals surface area contributed by atoms with E-state index in [1.807, 2.05) is 70.2 Å². The third-order valence-corrected chi connectivity index (χ3v) is 6.36. The molecule has 2 aromatic rings. The van der Waals surface area contributed by atoms with Crippen LogP contribution in [0, 0.1) is 19.8 Å². The van der Waals surface area contributed by atoms with Gasteiger partial charge in [0.1, 0.15) is 11.8 Å². The van der Waals surface area contributed by atoms with Crippen LogP contribution >= 0.6 is 15.9 Å². The summed E-state index contributed by atoms with van der Waals surface area (Å²) in [6.07, 6.45) is 0.672. The van der Waals surface area contributed by atoms with E-state index in [0.717, 1.165) is 21.2 Å². The number of ether oxygens (including phenoxy) is 1. The summed E-state index contributed by atoms with van der Waals surface area (Å²) in [7, 11) is 0. The van der Waals surface area contributed by atoms with Crippen LogP contribution in [0.2, 0.25) is 0 Å². The predicted octanol–water partition coefficient (Wildman–Crippen LogP) is 4.68. The van der Waals surface area contributed by atoms with Crippen LogP contribution in [0.3, 0.4) is 0 Å². The molecule has 168 valence electrons. The largest absolute Gasteiger partial charge is 0.484 e. The van der Waals surface area contributed by atoms with Crippen LogP contribution in [0.4, 0.5) is 0 Å². The van der Waals surface area contributed by atoms with Gasteiger partial charge in [-0.1, -0.05) is 60.1 Å². The van der Waals surface area contributed by atoms with Crippen LogP contribution in [0.25, 0.3) is 0 Å². The third-order valence-electron chi connectivity index (χ3n) is 5.11. The summed E-state index contributed by atoms with van der Waals surface area (Å²) >= 11 is 3.54. The summed E-state index contributed by atoms with van der Waals surface area (Å²) in [5, 5.41) is 2.93. The number of benzene rings is 2. The lowest BCUT2D eigenvalue weighted by molar-refractivity contribution is -0.141. The molecular formula is C25H33BrN2O3. The minimum absolute atomic E-state index is 0.114. The monoisotopic (exact) mass is 488 g/mol. The zero-order valence-corrected chi connectivity index (χ0v) is 20.7. The second kappa shape index (κ2) is 11.9. The Kier molecular flexibility index (Phi) is 9.56. The molecule has 6 heteroatoms. The molecule has 0 spiro atoms. The van der Waals surface area contributed by atoms with Crippen molar-refractivity contribution in [2.45, 2.75) is 47.1 Å². The first-order valence-corrected chi connectivity index (χ1v) is 11.5. The molecule has 0 saturated heterocycles. The minimum Gasteiger partial charge on any atom is -0.484 e. The van der Waals surface area contributed by atoms with Crippen molar-refractivity contribution in [2.75, 3.05) is 19.7 Å². The fraction of sp³-hybridized carbons (Fsp3) is 0.440. The smallest absolute Gasteiger partial charge is 0.261 e. The van der Waals surface area contributed by atoms with Crippen molar-refractivity contribution in [3.8, 4) is 5.75 Å². The second-order valence-corrected chi connectivity index (χ2v) is 9.09. The van der Waals surface area contributed by atoms with E-state index in [0.29, 0.717) is 31.2 Å². The highest BCUT2D eigenvalue weighted by molar-refractivity contribution is 9.10. The Morgan fingerprint density at radius 2 is 1.68 bits per heavy atom. The Bertz CT molecular complexity index is 861. The first-order chi connectivity index (χ1) is 14.7. The Morgan fingerprint density at radius 3 is 2.26 bits per heavy atom. The number of hydrogen-bond acceptors (Lipinski definition) is 3. The zero-order valence-electron chi connectivity index (χ0n) is 19.1. The lowest BCUT2D eigenvalue weighted by Crippen LogP contribution is -2.50. The average molecular weight is 489 g/mol. The Labute approximate surface area is 194 Å². The van der Waals surface area contributed by atoms with Gasteiger partial charge in [-0.05, 0) is 61.9 Å². The highest BCUT2D eigenvalue weighted by atomic mass is 79.9. The van der Waals surface area contributed by atoms with E-state index in [1.54, 1.807) is 11.8 Å². The number of halogens is 1. The molecule has 1 unspecified atom stereocenters. The van der Waals surface area contributed by atoms with Gasteiger partial charge in [0.25, 0.3) is 5.91 Å². The molecule has 0 aliphatic carbocycles. The lowest BCUT2D eigenvalue weighted by atomic mass is 10.1. The summed E-state index contributed by atoms with van der Waals surface area (Å²) in [6.45, 7) is 10.7. The maximum Gasteiger partial charge on any atom is 0.261 e. The number of nitrogens with zero attached hydrogens (tertiary/aromatic N) is 1. The molecule has 0 aliphatic rings.